The monoisotopic (exact) mass is 305 g/mol. The zero-order valence-corrected chi connectivity index (χ0v) is 13.4. The number of carbonyl (C=O) groups excluding carboxylic acids is 1. The average Bonchev–Trinajstić information content (AvgIpc) is 3.48. The quantitative estimate of drug-likeness (QED) is 0.851. The largest absolute Gasteiger partial charge is 0.353 e. The summed E-state index contributed by atoms with van der Waals surface area (Å²) in [5, 5.41) is 3.30. The Kier molecular flexibility index (Phi) is 3.90. The van der Waals surface area contributed by atoms with Gasteiger partial charge in [0.1, 0.15) is 0 Å². The van der Waals surface area contributed by atoms with Gasteiger partial charge in [0.25, 0.3) is 0 Å². The average molecular weight is 305 g/mol. The van der Waals surface area contributed by atoms with E-state index in [9.17, 15) is 4.79 Å². The van der Waals surface area contributed by atoms with Crippen LogP contribution >= 0.6 is 0 Å². The molecule has 0 heterocycles. The Morgan fingerprint density at radius 2 is 1.43 bits per heavy atom. The van der Waals surface area contributed by atoms with Crippen molar-refractivity contribution in [2.24, 2.45) is 11.8 Å². The first-order chi connectivity index (χ1) is 11.3. The maximum atomic E-state index is 12.3. The van der Waals surface area contributed by atoms with Crippen LogP contribution in [0.5, 0.6) is 0 Å². The molecule has 1 amide bonds. The summed E-state index contributed by atoms with van der Waals surface area (Å²) in [5.41, 5.74) is 3.50. The predicted octanol–water partition coefficient (Wildman–Crippen LogP) is 4.20. The van der Waals surface area contributed by atoms with Crippen LogP contribution in [0, 0.1) is 11.8 Å². The van der Waals surface area contributed by atoms with Crippen molar-refractivity contribution in [3.63, 3.8) is 0 Å². The van der Waals surface area contributed by atoms with Gasteiger partial charge in [-0.1, -0.05) is 54.6 Å². The van der Waals surface area contributed by atoms with Gasteiger partial charge in [-0.3, -0.25) is 4.79 Å². The van der Waals surface area contributed by atoms with E-state index in [1.54, 1.807) is 0 Å². The summed E-state index contributed by atoms with van der Waals surface area (Å²) in [7, 11) is 0. The van der Waals surface area contributed by atoms with Crippen molar-refractivity contribution in [1.82, 2.24) is 5.32 Å². The van der Waals surface area contributed by atoms with Crippen molar-refractivity contribution in [2.75, 3.05) is 0 Å². The van der Waals surface area contributed by atoms with Crippen LogP contribution in [0.4, 0.5) is 0 Å². The third-order valence-corrected chi connectivity index (χ3v) is 5.01. The fourth-order valence-corrected chi connectivity index (χ4v) is 3.40. The zero-order valence-electron chi connectivity index (χ0n) is 13.4. The highest BCUT2D eigenvalue weighted by Crippen LogP contribution is 2.44. The van der Waals surface area contributed by atoms with Gasteiger partial charge in [0, 0.05) is 6.04 Å². The van der Waals surface area contributed by atoms with E-state index in [4.69, 9.17) is 0 Å². The predicted molar refractivity (Wildman–Crippen MR) is 93.0 cm³/mol. The highest BCUT2D eigenvalue weighted by molar-refractivity contribution is 5.79. The fourth-order valence-electron chi connectivity index (χ4n) is 3.40. The number of rotatable bonds is 6. The first-order valence-electron chi connectivity index (χ1n) is 8.73. The van der Waals surface area contributed by atoms with E-state index in [2.05, 4.69) is 41.7 Å². The standard InChI is InChI=1S/C21H23NO/c23-20(22-21(18-10-11-18)19-12-13-19)14-15-6-8-17(9-7-15)16-4-2-1-3-5-16/h1-9,18-19,21H,10-14H2,(H,22,23). The van der Waals surface area contributed by atoms with Crippen molar-refractivity contribution in [2.45, 2.75) is 38.1 Å². The molecule has 0 aliphatic heterocycles. The van der Waals surface area contributed by atoms with Crippen molar-refractivity contribution in [3.05, 3.63) is 60.2 Å². The molecule has 4 rings (SSSR count). The van der Waals surface area contributed by atoms with Crippen LogP contribution < -0.4 is 5.32 Å². The maximum Gasteiger partial charge on any atom is 0.224 e. The lowest BCUT2D eigenvalue weighted by molar-refractivity contribution is -0.121. The highest BCUT2D eigenvalue weighted by Gasteiger charge is 2.42. The second-order valence-electron chi connectivity index (χ2n) is 7.01. The van der Waals surface area contributed by atoms with Gasteiger partial charge < -0.3 is 5.32 Å². The molecule has 0 aromatic heterocycles. The van der Waals surface area contributed by atoms with Crippen LogP contribution in [-0.2, 0) is 11.2 Å². The molecule has 118 valence electrons. The summed E-state index contributed by atoms with van der Waals surface area (Å²) >= 11 is 0. The van der Waals surface area contributed by atoms with Gasteiger partial charge in [-0.15, -0.1) is 0 Å². The first-order valence-corrected chi connectivity index (χ1v) is 8.73. The first kappa shape index (κ1) is 14.5. The number of amides is 1. The molecule has 2 aliphatic carbocycles. The van der Waals surface area contributed by atoms with Crippen molar-refractivity contribution < 1.29 is 4.79 Å². The van der Waals surface area contributed by atoms with E-state index in [-0.39, 0.29) is 5.91 Å². The van der Waals surface area contributed by atoms with Gasteiger partial charge in [0.15, 0.2) is 0 Å². The smallest absolute Gasteiger partial charge is 0.224 e. The third-order valence-electron chi connectivity index (χ3n) is 5.01. The minimum Gasteiger partial charge on any atom is -0.353 e. The molecule has 2 saturated carbocycles. The molecule has 2 fully saturated rings. The Hall–Kier alpha value is -2.09. The van der Waals surface area contributed by atoms with E-state index in [0.717, 1.165) is 17.4 Å². The maximum absolute atomic E-state index is 12.3. The SMILES string of the molecule is O=C(Cc1ccc(-c2ccccc2)cc1)NC(C1CC1)C1CC1. The summed E-state index contributed by atoms with van der Waals surface area (Å²) in [5.74, 6) is 1.69. The molecule has 0 spiro atoms. The minimum absolute atomic E-state index is 0.182. The Balaban J connectivity index is 1.37. The van der Waals surface area contributed by atoms with Crippen LogP contribution in [0.2, 0.25) is 0 Å². The molecule has 2 aromatic rings. The molecule has 2 aromatic carbocycles. The van der Waals surface area contributed by atoms with Gasteiger partial charge in [-0.25, -0.2) is 0 Å². The minimum atomic E-state index is 0.182. The van der Waals surface area contributed by atoms with Crippen LogP contribution in [0.1, 0.15) is 31.2 Å². The van der Waals surface area contributed by atoms with Gasteiger partial charge in [-0.05, 0) is 54.2 Å². The summed E-state index contributed by atoms with van der Waals surface area (Å²) in [6.45, 7) is 0. The second-order valence-corrected chi connectivity index (χ2v) is 7.01. The summed E-state index contributed by atoms with van der Waals surface area (Å²) < 4.78 is 0. The second kappa shape index (κ2) is 6.19. The lowest BCUT2D eigenvalue weighted by Gasteiger charge is -2.17. The highest BCUT2D eigenvalue weighted by atomic mass is 16.1. The van der Waals surface area contributed by atoms with E-state index in [0.29, 0.717) is 12.5 Å². The summed E-state index contributed by atoms with van der Waals surface area (Å²) in [6.07, 6.45) is 5.69. The molecule has 0 bridgehead atoms. The van der Waals surface area contributed by atoms with Crippen molar-refractivity contribution >= 4 is 5.91 Å². The van der Waals surface area contributed by atoms with Crippen LogP contribution in [0.25, 0.3) is 11.1 Å². The topological polar surface area (TPSA) is 29.1 Å². The molecule has 0 unspecified atom stereocenters. The third kappa shape index (κ3) is 3.64. The molecule has 0 saturated heterocycles. The summed E-state index contributed by atoms with van der Waals surface area (Å²) in [4.78, 5) is 12.3. The molecular weight excluding hydrogens is 282 g/mol. The molecule has 23 heavy (non-hydrogen) atoms. The Morgan fingerprint density at radius 3 is 2.00 bits per heavy atom. The zero-order chi connectivity index (χ0) is 15.6. The molecule has 2 heteroatoms. The Morgan fingerprint density at radius 1 is 0.870 bits per heavy atom. The number of carbonyl (C=O) groups is 1. The number of hydrogen-bond donors (Lipinski definition) is 1. The molecular formula is C21H23NO. The molecule has 2 aliphatic rings. The van der Waals surface area contributed by atoms with Crippen LogP contribution in [0.3, 0.4) is 0 Å². The van der Waals surface area contributed by atoms with Crippen LogP contribution in [0.15, 0.2) is 54.6 Å². The molecule has 0 radical (unpaired) electrons. The van der Waals surface area contributed by atoms with E-state index in [1.165, 1.54) is 36.8 Å². The van der Waals surface area contributed by atoms with E-state index < -0.39 is 0 Å². The molecule has 2 nitrogen and oxygen atoms in total. The van der Waals surface area contributed by atoms with Crippen molar-refractivity contribution in [1.29, 1.82) is 0 Å². The summed E-state index contributed by atoms with van der Waals surface area (Å²) in [6, 6.07) is 19.2. The van der Waals surface area contributed by atoms with E-state index >= 15 is 0 Å². The number of hydrogen-bond acceptors (Lipinski definition) is 1. The Labute approximate surface area is 137 Å². The number of nitrogens with one attached hydrogen (secondary N) is 1. The fraction of sp³-hybridized carbons (Fsp3) is 0.381. The Bertz CT molecular complexity index is 657. The lowest BCUT2D eigenvalue weighted by Crippen LogP contribution is -2.38. The van der Waals surface area contributed by atoms with Gasteiger partial charge in [-0.2, -0.15) is 0 Å². The van der Waals surface area contributed by atoms with Crippen molar-refractivity contribution in [3.8, 4) is 11.1 Å². The lowest BCUT2D eigenvalue weighted by atomic mass is 10.0. The normalized spacial score (nSPS) is 17.3. The van der Waals surface area contributed by atoms with E-state index in [1.807, 2.05) is 18.2 Å². The van der Waals surface area contributed by atoms with Gasteiger partial charge >= 0.3 is 0 Å². The van der Waals surface area contributed by atoms with Gasteiger partial charge in [0.2, 0.25) is 5.91 Å². The molecule has 1 N–H and O–H groups in total. The molecule has 0 atom stereocenters. The van der Waals surface area contributed by atoms with Gasteiger partial charge in [0.05, 0.1) is 6.42 Å². The number of benzene rings is 2. The van der Waals surface area contributed by atoms with Crippen LogP contribution in [-0.4, -0.2) is 11.9 Å².